The molecule has 0 unspecified atom stereocenters. The third-order valence-electron chi connectivity index (χ3n) is 3.55. The van der Waals surface area contributed by atoms with E-state index in [0.717, 1.165) is 12.1 Å². The van der Waals surface area contributed by atoms with E-state index in [-0.39, 0.29) is 17.7 Å². The third-order valence-corrected chi connectivity index (χ3v) is 3.55. The number of non-ortho nitro benzene ring substituents is 1. The molecule has 2 aromatic rings. The lowest BCUT2D eigenvalue weighted by molar-refractivity contribution is -0.384. The molecule has 2 atom stereocenters. The summed E-state index contributed by atoms with van der Waals surface area (Å²) in [6, 6.07) is 12.0. The van der Waals surface area contributed by atoms with Gasteiger partial charge in [0.1, 0.15) is 6.10 Å². The van der Waals surface area contributed by atoms with Gasteiger partial charge in [0.15, 0.2) is 6.04 Å². The summed E-state index contributed by atoms with van der Waals surface area (Å²) in [5, 5.41) is 32.4. The Labute approximate surface area is 142 Å². The molecule has 0 heterocycles. The van der Waals surface area contributed by atoms with Gasteiger partial charge in [-0.2, -0.15) is 0 Å². The number of aliphatic hydroxyl groups excluding tert-OH is 1. The monoisotopic (exact) mass is 344 g/mol. The number of carbonyl (C=O) groups excluding carboxylic acids is 1. The van der Waals surface area contributed by atoms with E-state index in [2.05, 4.69) is 5.32 Å². The molecule has 0 spiro atoms. The Morgan fingerprint density at radius 3 is 2.20 bits per heavy atom. The number of benzene rings is 2. The van der Waals surface area contributed by atoms with Gasteiger partial charge in [0.25, 0.3) is 5.69 Å². The van der Waals surface area contributed by atoms with E-state index in [4.69, 9.17) is 0 Å². The van der Waals surface area contributed by atoms with Crippen molar-refractivity contribution in [3.63, 3.8) is 0 Å². The molecule has 0 aliphatic rings. The largest absolute Gasteiger partial charge is 0.480 e. The summed E-state index contributed by atoms with van der Waals surface area (Å²) >= 11 is 0. The van der Waals surface area contributed by atoms with Crippen LogP contribution in [0.15, 0.2) is 54.6 Å². The van der Waals surface area contributed by atoms with Gasteiger partial charge in [-0.15, -0.1) is 0 Å². The molecule has 0 saturated carbocycles. The van der Waals surface area contributed by atoms with Crippen LogP contribution in [0.2, 0.25) is 0 Å². The molecule has 8 nitrogen and oxygen atoms in total. The summed E-state index contributed by atoms with van der Waals surface area (Å²) in [6.45, 7) is 0. The Morgan fingerprint density at radius 2 is 1.68 bits per heavy atom. The van der Waals surface area contributed by atoms with Crippen molar-refractivity contribution in [2.24, 2.45) is 0 Å². The summed E-state index contributed by atoms with van der Waals surface area (Å²) in [6.07, 6.45) is -1.57. The number of nitro benzene ring substituents is 1. The number of rotatable bonds is 7. The van der Waals surface area contributed by atoms with E-state index in [1.165, 1.54) is 12.1 Å². The molecule has 2 aromatic carbocycles. The first-order valence-electron chi connectivity index (χ1n) is 7.37. The van der Waals surface area contributed by atoms with Crippen molar-refractivity contribution in [2.75, 3.05) is 0 Å². The van der Waals surface area contributed by atoms with Gasteiger partial charge in [-0.25, -0.2) is 4.79 Å². The Hall–Kier alpha value is -3.26. The molecule has 25 heavy (non-hydrogen) atoms. The fourth-order valence-electron chi connectivity index (χ4n) is 2.27. The van der Waals surface area contributed by atoms with Crippen molar-refractivity contribution < 1.29 is 24.7 Å². The number of carboxylic acid groups (broad SMARTS) is 1. The van der Waals surface area contributed by atoms with Crippen LogP contribution in [0.1, 0.15) is 17.2 Å². The van der Waals surface area contributed by atoms with Crippen molar-refractivity contribution in [2.45, 2.75) is 18.6 Å². The molecule has 0 saturated heterocycles. The van der Waals surface area contributed by atoms with Crippen LogP contribution in [0.5, 0.6) is 0 Å². The van der Waals surface area contributed by atoms with E-state index in [1.807, 2.05) is 0 Å². The number of carboxylic acids is 1. The predicted molar refractivity (Wildman–Crippen MR) is 87.8 cm³/mol. The van der Waals surface area contributed by atoms with Crippen LogP contribution in [0, 0.1) is 10.1 Å². The van der Waals surface area contributed by atoms with Crippen molar-refractivity contribution in [1.29, 1.82) is 0 Å². The Kier molecular flexibility index (Phi) is 5.80. The van der Waals surface area contributed by atoms with Gasteiger partial charge in [0.05, 0.1) is 11.3 Å². The predicted octanol–water partition coefficient (Wildman–Crippen LogP) is 1.44. The Morgan fingerprint density at radius 1 is 1.08 bits per heavy atom. The molecular weight excluding hydrogens is 328 g/mol. The molecular formula is C17H16N2O6. The SMILES string of the molecule is O=C(Cc1ccccc1)N[C@@H](C(=O)O)[C@@H](O)c1ccc([N+](=O)[O-])cc1. The second-order valence-electron chi connectivity index (χ2n) is 5.34. The highest BCUT2D eigenvalue weighted by Crippen LogP contribution is 2.21. The average molecular weight is 344 g/mol. The van der Waals surface area contributed by atoms with Crippen LogP contribution >= 0.6 is 0 Å². The molecule has 0 fully saturated rings. The van der Waals surface area contributed by atoms with Crippen molar-refractivity contribution in [1.82, 2.24) is 5.32 Å². The highest BCUT2D eigenvalue weighted by atomic mass is 16.6. The average Bonchev–Trinajstić information content (AvgIpc) is 2.60. The number of nitrogens with one attached hydrogen (secondary N) is 1. The van der Waals surface area contributed by atoms with E-state index < -0.39 is 28.9 Å². The number of nitrogens with zero attached hydrogens (tertiary/aromatic N) is 1. The topological polar surface area (TPSA) is 130 Å². The maximum Gasteiger partial charge on any atom is 0.329 e. The maximum atomic E-state index is 12.0. The van der Waals surface area contributed by atoms with Gasteiger partial charge in [-0.1, -0.05) is 30.3 Å². The third kappa shape index (κ3) is 4.85. The van der Waals surface area contributed by atoms with E-state index in [0.29, 0.717) is 5.56 Å². The minimum atomic E-state index is -1.57. The zero-order valence-electron chi connectivity index (χ0n) is 13.0. The number of aliphatic hydroxyl groups is 1. The first-order chi connectivity index (χ1) is 11.9. The molecule has 1 amide bonds. The fraction of sp³-hybridized carbons (Fsp3) is 0.176. The molecule has 130 valence electrons. The number of hydrogen-bond donors (Lipinski definition) is 3. The van der Waals surface area contributed by atoms with Crippen LogP contribution in [-0.2, 0) is 16.0 Å². The quantitative estimate of drug-likeness (QED) is 0.515. The second-order valence-corrected chi connectivity index (χ2v) is 5.34. The van der Waals surface area contributed by atoms with Crippen molar-refractivity contribution >= 4 is 17.6 Å². The van der Waals surface area contributed by atoms with Gasteiger partial charge >= 0.3 is 5.97 Å². The summed E-state index contributed by atoms with van der Waals surface area (Å²) in [5.41, 5.74) is 0.669. The van der Waals surface area contributed by atoms with E-state index >= 15 is 0 Å². The Balaban J connectivity index is 2.09. The highest BCUT2D eigenvalue weighted by molar-refractivity contribution is 5.85. The lowest BCUT2D eigenvalue weighted by Crippen LogP contribution is -2.45. The van der Waals surface area contributed by atoms with Crippen molar-refractivity contribution in [3.8, 4) is 0 Å². The van der Waals surface area contributed by atoms with Crippen LogP contribution in [0.4, 0.5) is 5.69 Å². The minimum Gasteiger partial charge on any atom is -0.480 e. The number of aliphatic carboxylic acids is 1. The zero-order chi connectivity index (χ0) is 18.4. The molecule has 0 aromatic heterocycles. The smallest absolute Gasteiger partial charge is 0.329 e. The first kappa shape index (κ1) is 18.1. The number of amides is 1. The van der Waals surface area contributed by atoms with Gasteiger partial charge in [0, 0.05) is 12.1 Å². The molecule has 0 aliphatic carbocycles. The second kappa shape index (κ2) is 8.02. The first-order valence-corrected chi connectivity index (χ1v) is 7.37. The number of carbonyl (C=O) groups is 2. The summed E-state index contributed by atoms with van der Waals surface area (Å²) in [4.78, 5) is 33.5. The molecule has 2 rings (SSSR count). The van der Waals surface area contributed by atoms with Crippen LogP contribution in [0.3, 0.4) is 0 Å². The fourth-order valence-corrected chi connectivity index (χ4v) is 2.27. The summed E-state index contributed by atoms with van der Waals surface area (Å²) in [5.74, 6) is -1.97. The van der Waals surface area contributed by atoms with Crippen LogP contribution < -0.4 is 5.32 Å². The van der Waals surface area contributed by atoms with Crippen molar-refractivity contribution in [3.05, 3.63) is 75.8 Å². The summed E-state index contributed by atoms with van der Waals surface area (Å²) in [7, 11) is 0. The van der Waals surface area contributed by atoms with Crippen LogP contribution in [-0.4, -0.2) is 33.1 Å². The lowest BCUT2D eigenvalue weighted by Gasteiger charge is -2.20. The molecule has 0 aliphatic heterocycles. The zero-order valence-corrected chi connectivity index (χ0v) is 13.0. The Bertz CT molecular complexity index is 760. The highest BCUT2D eigenvalue weighted by Gasteiger charge is 2.29. The van der Waals surface area contributed by atoms with Gasteiger partial charge in [-0.3, -0.25) is 14.9 Å². The molecule has 8 heteroatoms. The van der Waals surface area contributed by atoms with E-state index in [1.54, 1.807) is 30.3 Å². The minimum absolute atomic E-state index is 0.0302. The van der Waals surface area contributed by atoms with Crippen LogP contribution in [0.25, 0.3) is 0 Å². The standard InChI is InChI=1S/C17H16N2O6/c20-14(10-11-4-2-1-3-5-11)18-15(17(22)23)16(21)12-6-8-13(9-7-12)19(24)25/h1-9,15-16,21H,10H2,(H,18,20)(H,22,23)/t15-,16+/m1/s1. The van der Waals surface area contributed by atoms with Gasteiger partial charge in [0.2, 0.25) is 5.91 Å². The number of hydrogen-bond acceptors (Lipinski definition) is 5. The van der Waals surface area contributed by atoms with E-state index in [9.17, 15) is 29.9 Å². The summed E-state index contributed by atoms with van der Waals surface area (Å²) < 4.78 is 0. The maximum absolute atomic E-state index is 12.0. The normalized spacial score (nSPS) is 12.8. The molecule has 0 radical (unpaired) electrons. The lowest BCUT2D eigenvalue weighted by atomic mass is 10.0. The molecule has 3 N–H and O–H groups in total. The van der Waals surface area contributed by atoms with Gasteiger partial charge < -0.3 is 15.5 Å². The number of nitro groups is 1. The van der Waals surface area contributed by atoms with Gasteiger partial charge in [-0.05, 0) is 23.3 Å². The molecule has 0 bridgehead atoms.